The molecule has 6 atom stereocenters. The fourth-order valence-corrected chi connectivity index (χ4v) is 4.87. The van der Waals surface area contributed by atoms with Crippen molar-refractivity contribution in [2.45, 2.75) is 72.0 Å². The highest BCUT2D eigenvalue weighted by atomic mass is 16.5. The molecule has 3 fully saturated rings. The molecule has 3 rings (SSSR count). The van der Waals surface area contributed by atoms with Crippen LogP contribution in [-0.4, -0.2) is 24.1 Å². The van der Waals surface area contributed by atoms with E-state index in [9.17, 15) is 9.59 Å². The molecule has 6 unspecified atom stereocenters. The van der Waals surface area contributed by atoms with Crippen molar-refractivity contribution in [3.8, 4) is 0 Å². The molecule has 124 valence electrons. The number of rotatable bonds is 4. The largest absolute Gasteiger partial charge is 0.463 e. The number of carbonyl (C=O) groups excluding carboxylic acids is 2. The van der Waals surface area contributed by atoms with E-state index in [4.69, 9.17) is 9.47 Å². The maximum atomic E-state index is 12.3. The quantitative estimate of drug-likeness (QED) is 0.748. The summed E-state index contributed by atoms with van der Waals surface area (Å²) in [4.78, 5) is 23.5. The average Bonchev–Trinajstić information content (AvgIpc) is 3.08. The van der Waals surface area contributed by atoms with Crippen LogP contribution in [0.4, 0.5) is 0 Å². The van der Waals surface area contributed by atoms with Crippen LogP contribution in [0.2, 0.25) is 0 Å². The topological polar surface area (TPSA) is 52.6 Å². The van der Waals surface area contributed by atoms with Gasteiger partial charge in [0.15, 0.2) is 0 Å². The van der Waals surface area contributed by atoms with Crippen LogP contribution in [0.3, 0.4) is 0 Å². The number of esters is 2. The van der Waals surface area contributed by atoms with Gasteiger partial charge in [-0.15, -0.1) is 0 Å². The summed E-state index contributed by atoms with van der Waals surface area (Å²) in [5.41, 5.74) is -0.392. The van der Waals surface area contributed by atoms with E-state index in [-0.39, 0.29) is 24.1 Å². The zero-order valence-electron chi connectivity index (χ0n) is 14.1. The van der Waals surface area contributed by atoms with Gasteiger partial charge in [0.05, 0.1) is 5.41 Å². The van der Waals surface area contributed by atoms with Crippen LogP contribution in [0.25, 0.3) is 0 Å². The Morgan fingerprint density at radius 1 is 1.00 bits per heavy atom. The van der Waals surface area contributed by atoms with Crippen LogP contribution in [0.1, 0.15) is 59.8 Å². The molecule has 22 heavy (non-hydrogen) atoms. The molecule has 4 nitrogen and oxygen atoms in total. The van der Waals surface area contributed by atoms with E-state index in [1.54, 1.807) is 0 Å². The fourth-order valence-electron chi connectivity index (χ4n) is 4.87. The third kappa shape index (κ3) is 2.65. The van der Waals surface area contributed by atoms with Gasteiger partial charge in [-0.1, -0.05) is 6.92 Å². The van der Waals surface area contributed by atoms with Crippen molar-refractivity contribution < 1.29 is 19.1 Å². The maximum Gasteiger partial charge on any atom is 0.311 e. The zero-order valence-corrected chi connectivity index (χ0v) is 14.1. The minimum atomic E-state index is -0.392. The van der Waals surface area contributed by atoms with Gasteiger partial charge in [0.1, 0.15) is 12.2 Å². The first kappa shape index (κ1) is 15.8. The van der Waals surface area contributed by atoms with Gasteiger partial charge in [0.25, 0.3) is 0 Å². The summed E-state index contributed by atoms with van der Waals surface area (Å²) in [6, 6.07) is 0. The van der Waals surface area contributed by atoms with Gasteiger partial charge in [-0.2, -0.15) is 0 Å². The fraction of sp³-hybridized carbons (Fsp3) is 0.889. The van der Waals surface area contributed by atoms with Gasteiger partial charge >= 0.3 is 11.9 Å². The Labute approximate surface area is 132 Å². The van der Waals surface area contributed by atoms with Gasteiger partial charge in [-0.05, 0) is 69.6 Å². The van der Waals surface area contributed by atoms with Gasteiger partial charge < -0.3 is 9.47 Å². The predicted molar refractivity (Wildman–Crippen MR) is 81.9 cm³/mol. The second-order valence-electron chi connectivity index (χ2n) is 8.11. The molecule has 3 saturated carbocycles. The van der Waals surface area contributed by atoms with Crippen molar-refractivity contribution in [2.24, 2.45) is 29.1 Å². The summed E-state index contributed by atoms with van der Waals surface area (Å²) < 4.78 is 11.3. The predicted octanol–water partition coefficient (Wildman–Crippen LogP) is 3.33. The normalized spacial score (nSPS) is 39.6. The summed E-state index contributed by atoms with van der Waals surface area (Å²) in [5, 5.41) is 0. The van der Waals surface area contributed by atoms with E-state index in [2.05, 4.69) is 0 Å². The van der Waals surface area contributed by atoms with Crippen LogP contribution in [-0.2, 0) is 19.1 Å². The van der Waals surface area contributed by atoms with Crippen molar-refractivity contribution in [3.05, 3.63) is 0 Å². The highest BCUT2D eigenvalue weighted by Crippen LogP contribution is 2.60. The van der Waals surface area contributed by atoms with Gasteiger partial charge in [0.2, 0.25) is 0 Å². The van der Waals surface area contributed by atoms with E-state index < -0.39 is 5.41 Å². The lowest BCUT2D eigenvalue weighted by Crippen LogP contribution is -2.36. The number of hydrogen-bond acceptors (Lipinski definition) is 4. The first-order valence-corrected chi connectivity index (χ1v) is 8.70. The standard InChI is InChI=1S/C18H28O4/c1-5-18(3,4)17(20)22-16-7-11-6-15(16)14-9-12(8-13(11)14)21-10(2)19/h11-16H,5-9H2,1-4H3. The minimum Gasteiger partial charge on any atom is -0.463 e. The van der Waals surface area contributed by atoms with Gasteiger partial charge in [-0.25, -0.2) is 0 Å². The first-order valence-electron chi connectivity index (χ1n) is 8.70. The second-order valence-corrected chi connectivity index (χ2v) is 8.11. The van der Waals surface area contributed by atoms with E-state index >= 15 is 0 Å². The molecule has 3 aliphatic carbocycles. The van der Waals surface area contributed by atoms with Crippen LogP contribution in [0.5, 0.6) is 0 Å². The van der Waals surface area contributed by atoms with Crippen molar-refractivity contribution in [3.63, 3.8) is 0 Å². The van der Waals surface area contributed by atoms with Crippen molar-refractivity contribution in [1.82, 2.24) is 0 Å². The smallest absolute Gasteiger partial charge is 0.311 e. The lowest BCUT2D eigenvalue weighted by Gasteiger charge is -2.33. The molecule has 0 heterocycles. The van der Waals surface area contributed by atoms with E-state index in [0.29, 0.717) is 23.7 Å². The Morgan fingerprint density at radius 2 is 1.68 bits per heavy atom. The molecule has 3 aliphatic rings. The molecule has 0 aromatic rings. The van der Waals surface area contributed by atoms with Crippen LogP contribution in [0, 0.1) is 29.1 Å². The molecular weight excluding hydrogens is 280 g/mol. The number of ether oxygens (including phenoxy) is 2. The van der Waals surface area contributed by atoms with Gasteiger partial charge in [0, 0.05) is 6.92 Å². The lowest BCUT2D eigenvalue weighted by atomic mass is 9.80. The van der Waals surface area contributed by atoms with Gasteiger partial charge in [-0.3, -0.25) is 9.59 Å². The second kappa shape index (κ2) is 5.54. The van der Waals surface area contributed by atoms with E-state index in [1.165, 1.54) is 13.3 Å². The van der Waals surface area contributed by atoms with Crippen molar-refractivity contribution in [1.29, 1.82) is 0 Å². The Bertz CT molecular complexity index is 470. The van der Waals surface area contributed by atoms with Crippen molar-refractivity contribution >= 4 is 11.9 Å². The lowest BCUT2D eigenvalue weighted by molar-refractivity contribution is -0.163. The molecular formula is C18H28O4. The summed E-state index contributed by atoms with van der Waals surface area (Å²) in [7, 11) is 0. The minimum absolute atomic E-state index is 0.0568. The van der Waals surface area contributed by atoms with Crippen molar-refractivity contribution in [2.75, 3.05) is 0 Å². The molecule has 0 radical (unpaired) electrons. The van der Waals surface area contributed by atoms with E-state index in [0.717, 1.165) is 25.7 Å². The van der Waals surface area contributed by atoms with Crippen LogP contribution >= 0.6 is 0 Å². The summed E-state index contributed by atoms with van der Waals surface area (Å²) in [5.74, 6) is 2.14. The average molecular weight is 308 g/mol. The molecule has 4 heteroatoms. The maximum absolute atomic E-state index is 12.3. The summed E-state index contributed by atoms with van der Waals surface area (Å²) in [6.07, 6.45) is 5.12. The highest BCUT2D eigenvalue weighted by Gasteiger charge is 2.58. The molecule has 0 saturated heterocycles. The molecule has 0 spiro atoms. The summed E-state index contributed by atoms with van der Waals surface area (Å²) >= 11 is 0. The SMILES string of the molecule is CCC(C)(C)C(=O)OC1CC2CC1C1CC(OC(C)=O)CC21. The van der Waals surface area contributed by atoms with Crippen LogP contribution in [0.15, 0.2) is 0 Å². The molecule has 2 bridgehead atoms. The Hall–Kier alpha value is -1.06. The third-order valence-corrected chi connectivity index (χ3v) is 6.39. The molecule has 0 aliphatic heterocycles. The monoisotopic (exact) mass is 308 g/mol. The number of hydrogen-bond donors (Lipinski definition) is 0. The third-order valence-electron chi connectivity index (χ3n) is 6.39. The zero-order chi connectivity index (χ0) is 16.1. The number of carbonyl (C=O) groups is 2. The Kier molecular flexibility index (Phi) is 3.98. The molecule has 0 aromatic heterocycles. The molecule has 0 N–H and O–H groups in total. The highest BCUT2D eigenvalue weighted by molar-refractivity contribution is 5.76. The molecule has 0 amide bonds. The van der Waals surface area contributed by atoms with Crippen LogP contribution < -0.4 is 0 Å². The Morgan fingerprint density at radius 3 is 2.32 bits per heavy atom. The summed E-state index contributed by atoms with van der Waals surface area (Å²) in [6.45, 7) is 7.42. The first-order chi connectivity index (χ1) is 10.3. The Balaban J connectivity index is 1.61. The molecule has 0 aromatic carbocycles. The number of fused-ring (bicyclic) bond motifs is 5. The van der Waals surface area contributed by atoms with E-state index in [1.807, 2.05) is 20.8 Å².